The first-order valence-electron chi connectivity index (χ1n) is 7.62. The molecule has 5 heteroatoms. The molecule has 3 N–H and O–H groups in total. The second kappa shape index (κ2) is 8.00. The van der Waals surface area contributed by atoms with E-state index in [4.69, 9.17) is 5.11 Å². The first kappa shape index (κ1) is 15.8. The van der Waals surface area contributed by atoms with Crippen LogP contribution in [0.3, 0.4) is 0 Å². The minimum atomic E-state index is -0.517. The van der Waals surface area contributed by atoms with E-state index in [2.05, 4.69) is 39.8 Å². The van der Waals surface area contributed by atoms with Gasteiger partial charge in [0.2, 0.25) is 0 Å². The minimum Gasteiger partial charge on any atom is -0.392 e. The number of hydrogen-bond acceptors (Lipinski definition) is 3. The summed E-state index contributed by atoms with van der Waals surface area (Å²) in [6.07, 6.45) is 1.58. The van der Waals surface area contributed by atoms with E-state index >= 15 is 0 Å². The van der Waals surface area contributed by atoms with Crippen molar-refractivity contribution in [3.05, 3.63) is 35.9 Å². The Bertz CT molecular complexity index is 436. The van der Waals surface area contributed by atoms with Crippen LogP contribution in [0.5, 0.6) is 0 Å². The van der Waals surface area contributed by atoms with Gasteiger partial charge < -0.3 is 15.7 Å². The predicted octanol–water partition coefficient (Wildman–Crippen LogP) is 1.33. The number of carbonyl (C=O) groups excluding carboxylic acids is 1. The van der Waals surface area contributed by atoms with Crippen LogP contribution in [0.1, 0.15) is 25.3 Å². The van der Waals surface area contributed by atoms with Crippen molar-refractivity contribution in [3.8, 4) is 0 Å². The smallest absolute Gasteiger partial charge is 0.315 e. The summed E-state index contributed by atoms with van der Waals surface area (Å²) in [4.78, 5) is 14.1. The fourth-order valence-corrected chi connectivity index (χ4v) is 2.64. The van der Waals surface area contributed by atoms with Gasteiger partial charge in [-0.2, -0.15) is 0 Å². The lowest BCUT2D eigenvalue weighted by Crippen LogP contribution is -2.51. The summed E-state index contributed by atoms with van der Waals surface area (Å²) in [6.45, 7) is 4.81. The average Bonchev–Trinajstić information content (AvgIpc) is 2.46. The summed E-state index contributed by atoms with van der Waals surface area (Å²) in [5.74, 6) is 0. The number of amides is 2. The maximum absolute atomic E-state index is 11.7. The molecule has 1 aromatic carbocycles. The molecular formula is C16H25N3O2. The third-order valence-corrected chi connectivity index (χ3v) is 3.65. The monoisotopic (exact) mass is 291 g/mol. The highest BCUT2D eigenvalue weighted by molar-refractivity contribution is 5.74. The first-order valence-corrected chi connectivity index (χ1v) is 7.62. The summed E-state index contributed by atoms with van der Waals surface area (Å²) >= 11 is 0. The van der Waals surface area contributed by atoms with E-state index in [9.17, 15) is 4.79 Å². The number of piperidine rings is 1. The molecule has 116 valence electrons. The Morgan fingerprint density at radius 2 is 2.19 bits per heavy atom. The molecule has 1 aliphatic rings. The fraction of sp³-hybridized carbons (Fsp3) is 0.562. The van der Waals surface area contributed by atoms with Gasteiger partial charge in [0.1, 0.15) is 0 Å². The molecule has 1 heterocycles. The molecule has 1 aromatic rings. The third-order valence-electron chi connectivity index (χ3n) is 3.65. The quantitative estimate of drug-likeness (QED) is 0.767. The van der Waals surface area contributed by atoms with Gasteiger partial charge in [-0.3, -0.25) is 4.90 Å². The number of rotatable bonds is 5. The molecular weight excluding hydrogens is 266 g/mol. The summed E-state index contributed by atoms with van der Waals surface area (Å²) in [7, 11) is 0. The van der Waals surface area contributed by atoms with Crippen LogP contribution in [0.4, 0.5) is 4.79 Å². The SMILES string of the molecule is C[C@@H](O)CNC(=O)N[C@H]1CCCN(Cc2ccccc2)C1. The molecule has 1 aliphatic heterocycles. The van der Waals surface area contributed by atoms with Crippen LogP contribution in [0.2, 0.25) is 0 Å². The molecule has 2 rings (SSSR count). The largest absolute Gasteiger partial charge is 0.392 e. The second-order valence-electron chi connectivity index (χ2n) is 5.76. The van der Waals surface area contributed by atoms with E-state index in [1.165, 1.54) is 5.56 Å². The van der Waals surface area contributed by atoms with E-state index in [0.717, 1.165) is 32.5 Å². The fourth-order valence-electron chi connectivity index (χ4n) is 2.64. The van der Waals surface area contributed by atoms with Gasteiger partial charge in [0.25, 0.3) is 0 Å². The number of aliphatic hydroxyl groups is 1. The lowest BCUT2D eigenvalue weighted by atomic mass is 10.0. The summed E-state index contributed by atoms with van der Waals surface area (Å²) in [6, 6.07) is 10.4. The zero-order valence-corrected chi connectivity index (χ0v) is 12.6. The van der Waals surface area contributed by atoms with Crippen molar-refractivity contribution in [1.82, 2.24) is 15.5 Å². The Kier molecular flexibility index (Phi) is 6.02. The highest BCUT2D eigenvalue weighted by Gasteiger charge is 2.21. The molecule has 2 amide bonds. The van der Waals surface area contributed by atoms with E-state index in [1.54, 1.807) is 6.92 Å². The molecule has 0 bridgehead atoms. The van der Waals surface area contributed by atoms with Gasteiger partial charge in [0.15, 0.2) is 0 Å². The number of urea groups is 1. The van der Waals surface area contributed by atoms with Crippen molar-refractivity contribution in [2.45, 2.75) is 38.5 Å². The van der Waals surface area contributed by atoms with Crippen molar-refractivity contribution in [2.24, 2.45) is 0 Å². The third kappa shape index (κ3) is 5.73. The molecule has 0 saturated carbocycles. The van der Waals surface area contributed by atoms with Gasteiger partial charge in [-0.1, -0.05) is 30.3 Å². The van der Waals surface area contributed by atoms with Gasteiger partial charge in [-0.15, -0.1) is 0 Å². The van der Waals surface area contributed by atoms with Gasteiger partial charge in [-0.05, 0) is 31.9 Å². The van der Waals surface area contributed by atoms with Gasteiger partial charge >= 0.3 is 6.03 Å². The molecule has 1 fully saturated rings. The zero-order valence-electron chi connectivity index (χ0n) is 12.6. The molecule has 0 aliphatic carbocycles. The van der Waals surface area contributed by atoms with Crippen molar-refractivity contribution in [2.75, 3.05) is 19.6 Å². The summed E-state index contributed by atoms with van der Waals surface area (Å²) in [5.41, 5.74) is 1.30. The number of nitrogens with one attached hydrogen (secondary N) is 2. The van der Waals surface area contributed by atoms with Crippen molar-refractivity contribution in [1.29, 1.82) is 0 Å². The maximum atomic E-state index is 11.7. The Hall–Kier alpha value is -1.59. The lowest BCUT2D eigenvalue weighted by molar-refractivity contribution is 0.172. The van der Waals surface area contributed by atoms with Crippen molar-refractivity contribution < 1.29 is 9.90 Å². The number of hydrogen-bond donors (Lipinski definition) is 3. The number of nitrogens with zero attached hydrogens (tertiary/aromatic N) is 1. The van der Waals surface area contributed by atoms with Crippen LogP contribution in [0.15, 0.2) is 30.3 Å². The Balaban J connectivity index is 1.76. The molecule has 0 unspecified atom stereocenters. The predicted molar refractivity (Wildman–Crippen MR) is 83.0 cm³/mol. The van der Waals surface area contributed by atoms with Gasteiger partial charge in [0.05, 0.1) is 6.10 Å². The van der Waals surface area contributed by atoms with Crippen LogP contribution in [-0.2, 0) is 6.54 Å². The molecule has 0 spiro atoms. The maximum Gasteiger partial charge on any atom is 0.315 e. The molecule has 1 saturated heterocycles. The highest BCUT2D eigenvalue weighted by atomic mass is 16.3. The van der Waals surface area contributed by atoms with Crippen LogP contribution >= 0.6 is 0 Å². The van der Waals surface area contributed by atoms with Gasteiger partial charge in [-0.25, -0.2) is 4.79 Å². The minimum absolute atomic E-state index is 0.177. The van der Waals surface area contributed by atoms with E-state index in [-0.39, 0.29) is 18.6 Å². The molecule has 21 heavy (non-hydrogen) atoms. The number of benzene rings is 1. The van der Waals surface area contributed by atoms with Crippen LogP contribution in [0, 0.1) is 0 Å². The Labute approximate surface area is 126 Å². The number of likely N-dealkylation sites (tertiary alicyclic amines) is 1. The highest BCUT2D eigenvalue weighted by Crippen LogP contribution is 2.13. The van der Waals surface area contributed by atoms with Crippen molar-refractivity contribution >= 4 is 6.03 Å². The summed E-state index contributed by atoms with van der Waals surface area (Å²) < 4.78 is 0. The Morgan fingerprint density at radius 3 is 2.90 bits per heavy atom. The molecule has 5 nitrogen and oxygen atoms in total. The standard InChI is InChI=1S/C16H25N3O2/c1-13(20)10-17-16(21)18-15-8-5-9-19(12-15)11-14-6-3-2-4-7-14/h2-4,6-7,13,15,20H,5,8-12H2,1H3,(H2,17,18,21)/t13-,15+/m1/s1. The van der Waals surface area contributed by atoms with Crippen molar-refractivity contribution in [3.63, 3.8) is 0 Å². The number of carbonyl (C=O) groups is 1. The van der Waals surface area contributed by atoms with E-state index in [0.29, 0.717) is 0 Å². The van der Waals surface area contributed by atoms with E-state index < -0.39 is 6.10 Å². The lowest BCUT2D eigenvalue weighted by Gasteiger charge is -2.33. The molecule has 0 aromatic heterocycles. The second-order valence-corrected chi connectivity index (χ2v) is 5.76. The topological polar surface area (TPSA) is 64.6 Å². The van der Waals surface area contributed by atoms with Gasteiger partial charge in [0, 0.05) is 25.7 Å². The summed E-state index contributed by atoms with van der Waals surface area (Å²) in [5, 5.41) is 14.8. The first-order chi connectivity index (χ1) is 10.1. The average molecular weight is 291 g/mol. The molecule has 2 atom stereocenters. The van der Waals surface area contributed by atoms with E-state index in [1.807, 2.05) is 6.07 Å². The normalized spacial score (nSPS) is 20.8. The molecule has 0 radical (unpaired) electrons. The Morgan fingerprint density at radius 1 is 1.43 bits per heavy atom. The number of aliphatic hydroxyl groups excluding tert-OH is 1. The van der Waals surface area contributed by atoms with Crippen LogP contribution in [0.25, 0.3) is 0 Å². The van der Waals surface area contributed by atoms with Crippen LogP contribution < -0.4 is 10.6 Å². The zero-order chi connectivity index (χ0) is 15.1. The van der Waals surface area contributed by atoms with Crippen LogP contribution in [-0.4, -0.2) is 47.8 Å².